The monoisotopic (exact) mass is 505 g/mol. The fraction of sp³-hybridized carbons (Fsp3) is 0.462. The fourth-order valence-corrected chi connectivity index (χ4v) is 5.23. The number of aromatic nitrogens is 2. The van der Waals surface area contributed by atoms with Gasteiger partial charge in [0.05, 0.1) is 31.3 Å². The molecule has 11 heteroatoms. The van der Waals surface area contributed by atoms with Gasteiger partial charge in [0.15, 0.2) is 12.0 Å². The van der Waals surface area contributed by atoms with Crippen molar-refractivity contribution in [3.05, 3.63) is 53.5 Å². The number of aliphatic imine (C=N–C) groups is 2. The highest BCUT2D eigenvalue weighted by Crippen LogP contribution is 2.40. The number of hydrogen-bond acceptors (Lipinski definition) is 9. The third-order valence-corrected chi connectivity index (χ3v) is 6.95. The van der Waals surface area contributed by atoms with Crippen LogP contribution in [0.1, 0.15) is 42.3 Å². The van der Waals surface area contributed by atoms with Crippen LogP contribution in [0.4, 0.5) is 16.2 Å². The van der Waals surface area contributed by atoms with Crippen LogP contribution in [0, 0.1) is 17.1 Å². The lowest BCUT2D eigenvalue weighted by molar-refractivity contribution is 0.0504. The van der Waals surface area contributed by atoms with E-state index in [1.165, 1.54) is 18.2 Å². The van der Waals surface area contributed by atoms with Gasteiger partial charge in [-0.25, -0.2) is 4.39 Å². The molecule has 1 saturated heterocycles. The maximum Gasteiger partial charge on any atom is 0.208 e. The zero-order valence-corrected chi connectivity index (χ0v) is 20.8. The van der Waals surface area contributed by atoms with E-state index in [1.54, 1.807) is 17.2 Å². The number of imidazole rings is 1. The number of nitrogens with zero attached hydrogens (tertiary/aromatic N) is 8. The molecule has 10 nitrogen and oxygen atoms in total. The Hall–Kier alpha value is -3.75. The van der Waals surface area contributed by atoms with Crippen molar-refractivity contribution in [2.24, 2.45) is 15.7 Å². The molecule has 2 aromatic rings. The number of nitrogens with two attached hydrogens (primary N) is 1. The van der Waals surface area contributed by atoms with E-state index in [4.69, 9.17) is 15.7 Å². The largest absolute Gasteiger partial charge is 0.368 e. The molecule has 0 aliphatic carbocycles. The van der Waals surface area contributed by atoms with Crippen LogP contribution in [0.15, 0.2) is 40.8 Å². The molecular weight excluding hydrogens is 473 g/mol. The van der Waals surface area contributed by atoms with E-state index in [1.807, 2.05) is 9.47 Å². The van der Waals surface area contributed by atoms with Crippen molar-refractivity contribution in [2.75, 3.05) is 49.1 Å². The van der Waals surface area contributed by atoms with Gasteiger partial charge in [-0.1, -0.05) is 6.08 Å². The minimum atomic E-state index is -1.06. The van der Waals surface area contributed by atoms with Gasteiger partial charge in [0.25, 0.3) is 0 Å². The first-order chi connectivity index (χ1) is 18.0. The first kappa shape index (κ1) is 24.9. The van der Waals surface area contributed by atoms with Gasteiger partial charge in [-0.3, -0.25) is 14.9 Å². The van der Waals surface area contributed by atoms with Crippen molar-refractivity contribution >= 4 is 23.9 Å². The Bertz CT molecular complexity index is 1260. The first-order valence-corrected chi connectivity index (χ1v) is 12.7. The highest BCUT2D eigenvalue weighted by Gasteiger charge is 2.41. The Morgan fingerprint density at radius 1 is 1.32 bits per heavy atom. The Morgan fingerprint density at radius 2 is 2.19 bits per heavy atom. The number of benzene rings is 1. The van der Waals surface area contributed by atoms with E-state index in [0.29, 0.717) is 67.3 Å². The smallest absolute Gasteiger partial charge is 0.208 e. The average molecular weight is 506 g/mol. The molecule has 2 unspecified atom stereocenters. The summed E-state index contributed by atoms with van der Waals surface area (Å²) in [4.78, 5) is 20.0. The van der Waals surface area contributed by atoms with E-state index >= 15 is 0 Å². The highest BCUT2D eigenvalue weighted by atomic mass is 19.1. The number of rotatable bonds is 7. The van der Waals surface area contributed by atoms with Gasteiger partial charge in [0.1, 0.15) is 11.5 Å². The molecule has 2 atom stereocenters. The van der Waals surface area contributed by atoms with Crippen LogP contribution in [-0.4, -0.2) is 77.0 Å². The summed E-state index contributed by atoms with van der Waals surface area (Å²) in [6, 6.07) is 6.32. The van der Waals surface area contributed by atoms with E-state index < -0.39 is 12.0 Å². The third-order valence-electron chi connectivity index (χ3n) is 6.95. The minimum absolute atomic E-state index is 0.00868. The topological polar surface area (TPSA) is 122 Å². The second-order valence-electron chi connectivity index (χ2n) is 9.52. The number of aliphatic hydroxyl groups excluding tert-OH is 1. The molecule has 0 amide bonds. The number of halogens is 1. The minimum Gasteiger partial charge on any atom is -0.368 e. The number of anilines is 2. The lowest BCUT2D eigenvalue weighted by atomic mass is 10.1. The van der Waals surface area contributed by atoms with Crippen LogP contribution >= 0.6 is 0 Å². The predicted molar refractivity (Wildman–Crippen MR) is 141 cm³/mol. The summed E-state index contributed by atoms with van der Waals surface area (Å²) in [6.07, 6.45) is 5.11. The molecule has 5 rings (SSSR count). The van der Waals surface area contributed by atoms with Crippen LogP contribution in [0.5, 0.6) is 0 Å². The van der Waals surface area contributed by atoms with Gasteiger partial charge >= 0.3 is 0 Å². The van der Waals surface area contributed by atoms with Gasteiger partial charge in [0.2, 0.25) is 11.9 Å². The quantitative estimate of drug-likeness (QED) is 0.436. The number of fused-ring (bicyclic) bond motifs is 3. The molecule has 4 heterocycles. The Balaban J connectivity index is 1.64. The third kappa shape index (κ3) is 4.82. The van der Waals surface area contributed by atoms with Crippen LogP contribution in [0.25, 0.3) is 0 Å². The molecule has 1 aromatic heterocycles. The number of hydrogen-bond donors (Lipinski definition) is 2. The average Bonchev–Trinajstić information content (AvgIpc) is 3.28. The number of nitriles is 1. The van der Waals surface area contributed by atoms with Crippen molar-refractivity contribution < 1.29 is 9.50 Å². The Labute approximate surface area is 215 Å². The Kier molecular flexibility index (Phi) is 7.21. The van der Waals surface area contributed by atoms with E-state index in [0.717, 1.165) is 25.8 Å². The number of guanidine groups is 1. The Morgan fingerprint density at radius 3 is 2.97 bits per heavy atom. The molecule has 0 radical (unpaired) electrons. The van der Waals surface area contributed by atoms with E-state index in [9.17, 15) is 14.8 Å². The van der Waals surface area contributed by atoms with Crippen molar-refractivity contribution in [3.63, 3.8) is 0 Å². The van der Waals surface area contributed by atoms with Crippen LogP contribution in [0.3, 0.4) is 0 Å². The second-order valence-corrected chi connectivity index (χ2v) is 9.52. The molecule has 0 spiro atoms. The summed E-state index contributed by atoms with van der Waals surface area (Å²) >= 11 is 0. The normalized spacial score (nSPS) is 21.5. The summed E-state index contributed by atoms with van der Waals surface area (Å²) in [6.45, 7) is 7.48. The van der Waals surface area contributed by atoms with E-state index in [-0.39, 0.29) is 12.6 Å². The summed E-state index contributed by atoms with van der Waals surface area (Å²) in [5, 5.41) is 21.4. The summed E-state index contributed by atoms with van der Waals surface area (Å²) < 4.78 is 16.2. The molecule has 0 bridgehead atoms. The molecule has 3 N–H and O–H groups in total. The number of aliphatic hydroxyl groups is 1. The zero-order valence-electron chi connectivity index (χ0n) is 20.8. The van der Waals surface area contributed by atoms with Gasteiger partial charge < -0.3 is 25.2 Å². The van der Waals surface area contributed by atoms with Crippen LogP contribution in [0.2, 0.25) is 0 Å². The molecule has 1 fully saturated rings. The zero-order chi connectivity index (χ0) is 25.9. The van der Waals surface area contributed by atoms with Gasteiger partial charge in [-0.05, 0) is 43.0 Å². The van der Waals surface area contributed by atoms with Gasteiger partial charge in [-0.15, -0.1) is 6.58 Å². The molecule has 194 valence electrons. The first-order valence-electron chi connectivity index (χ1n) is 12.7. The summed E-state index contributed by atoms with van der Waals surface area (Å²) in [5.74, 6) is 1.52. The lowest BCUT2D eigenvalue weighted by Crippen LogP contribution is -2.53. The van der Waals surface area contributed by atoms with E-state index in [2.05, 4.69) is 22.5 Å². The van der Waals surface area contributed by atoms with Crippen molar-refractivity contribution in [2.45, 2.75) is 38.1 Å². The second kappa shape index (κ2) is 10.7. The van der Waals surface area contributed by atoms with Gasteiger partial charge in [0, 0.05) is 38.4 Å². The van der Waals surface area contributed by atoms with Gasteiger partial charge in [-0.2, -0.15) is 10.2 Å². The molecule has 3 aliphatic rings. The predicted octanol–water partition coefficient (Wildman–Crippen LogP) is 2.00. The molecular formula is C26H32FN9O. The molecule has 37 heavy (non-hydrogen) atoms. The van der Waals surface area contributed by atoms with Crippen molar-refractivity contribution in [1.29, 1.82) is 5.26 Å². The van der Waals surface area contributed by atoms with Crippen molar-refractivity contribution in [1.82, 2.24) is 14.5 Å². The SMILES string of the molecule is C=CCN=CCN1C2=NCCCN2c2nc(N3CCCC(N)C3)n(Cc3cc(F)ccc3C#N)c2C1O. The lowest BCUT2D eigenvalue weighted by Gasteiger charge is -2.42. The molecule has 3 aliphatic heterocycles. The van der Waals surface area contributed by atoms with Crippen molar-refractivity contribution in [3.8, 4) is 6.07 Å². The maximum absolute atomic E-state index is 14.3. The highest BCUT2D eigenvalue weighted by molar-refractivity contribution is 5.99. The summed E-state index contributed by atoms with van der Waals surface area (Å²) in [5.41, 5.74) is 7.79. The summed E-state index contributed by atoms with van der Waals surface area (Å²) in [7, 11) is 0. The molecule has 1 aromatic carbocycles. The molecule has 0 saturated carbocycles. The maximum atomic E-state index is 14.3. The fourth-order valence-electron chi connectivity index (χ4n) is 5.23. The van der Waals surface area contributed by atoms with Crippen LogP contribution < -0.4 is 15.5 Å². The number of piperidine rings is 1. The standard InChI is InChI=1S/C26H32FN9O/c1-2-8-30-10-13-35-24(37)22-23(34-12-4-9-31-25(34)35)32-26(33-11-3-5-21(29)17-33)36(22)16-19-14-20(27)7-6-18(19)15-28/h2,6-7,10,14,21,24,37H,1,3-5,8-9,11-13,16-17,29H2. The van der Waals surface area contributed by atoms with Crippen LogP contribution in [-0.2, 0) is 6.54 Å².